The van der Waals surface area contributed by atoms with E-state index >= 15 is 0 Å². The minimum atomic E-state index is 0.605. The van der Waals surface area contributed by atoms with Crippen LogP contribution in [-0.2, 0) is 6.54 Å². The average molecular weight is 270 g/mol. The van der Waals surface area contributed by atoms with Gasteiger partial charge in [-0.25, -0.2) is 4.98 Å². The number of piperidine rings is 1. The van der Waals surface area contributed by atoms with Crippen LogP contribution in [-0.4, -0.2) is 27.1 Å². The van der Waals surface area contributed by atoms with Gasteiger partial charge in [0.05, 0.1) is 18.0 Å². The van der Waals surface area contributed by atoms with Crippen LogP contribution in [0, 0.1) is 6.92 Å². The highest BCUT2D eigenvalue weighted by molar-refractivity contribution is 5.77. The van der Waals surface area contributed by atoms with Gasteiger partial charge in [0.1, 0.15) is 5.52 Å². The third kappa shape index (κ3) is 2.75. The first-order valence-electron chi connectivity index (χ1n) is 7.39. The highest BCUT2D eigenvalue weighted by atomic mass is 15.0. The molecule has 4 nitrogen and oxygen atoms in total. The van der Waals surface area contributed by atoms with Crippen LogP contribution in [0.15, 0.2) is 30.9 Å². The number of fused-ring (bicyclic) bond motifs is 1. The van der Waals surface area contributed by atoms with E-state index in [4.69, 9.17) is 0 Å². The Morgan fingerprint density at radius 3 is 3.15 bits per heavy atom. The van der Waals surface area contributed by atoms with Crippen molar-refractivity contribution in [2.75, 3.05) is 6.54 Å². The fourth-order valence-electron chi connectivity index (χ4n) is 3.07. The second-order valence-electron chi connectivity index (χ2n) is 5.80. The van der Waals surface area contributed by atoms with Gasteiger partial charge >= 0.3 is 0 Å². The summed E-state index contributed by atoms with van der Waals surface area (Å²) in [7, 11) is 0. The molecule has 0 aliphatic carbocycles. The average Bonchev–Trinajstić information content (AvgIpc) is 2.84. The van der Waals surface area contributed by atoms with Crippen molar-refractivity contribution in [1.29, 1.82) is 0 Å². The van der Waals surface area contributed by atoms with Crippen LogP contribution in [0.4, 0.5) is 0 Å². The van der Waals surface area contributed by atoms with Crippen molar-refractivity contribution in [2.24, 2.45) is 0 Å². The molecule has 1 aliphatic rings. The number of aryl methyl sites for hydroxylation is 1. The Balaban J connectivity index is 1.71. The maximum Gasteiger partial charge on any atom is 0.107 e. The zero-order valence-corrected chi connectivity index (χ0v) is 12.1. The molecule has 0 saturated carbocycles. The molecule has 1 saturated heterocycles. The molecule has 1 N–H and O–H groups in total. The fourth-order valence-corrected chi connectivity index (χ4v) is 3.07. The predicted octanol–water partition coefficient (Wildman–Crippen LogP) is 2.83. The van der Waals surface area contributed by atoms with Crippen LogP contribution in [0.3, 0.4) is 0 Å². The SMILES string of the molecule is C=C(CC1CCCCN1)Cn1cnc2cncc(C)c21. The minimum absolute atomic E-state index is 0.605. The summed E-state index contributed by atoms with van der Waals surface area (Å²) in [5.41, 5.74) is 4.58. The molecule has 4 heteroatoms. The number of aromatic nitrogens is 3. The first-order valence-corrected chi connectivity index (χ1v) is 7.39. The van der Waals surface area contributed by atoms with Crippen molar-refractivity contribution in [3.63, 3.8) is 0 Å². The van der Waals surface area contributed by atoms with Gasteiger partial charge in [0.15, 0.2) is 0 Å². The van der Waals surface area contributed by atoms with Gasteiger partial charge in [-0.15, -0.1) is 0 Å². The van der Waals surface area contributed by atoms with Gasteiger partial charge < -0.3 is 9.88 Å². The summed E-state index contributed by atoms with van der Waals surface area (Å²) in [6, 6.07) is 0.605. The molecule has 1 aliphatic heterocycles. The highest BCUT2D eigenvalue weighted by Gasteiger charge is 2.14. The summed E-state index contributed by atoms with van der Waals surface area (Å²) >= 11 is 0. The standard InChI is InChI=1S/C16H22N4/c1-12(7-14-5-3-4-6-18-14)10-20-11-19-15-9-17-8-13(2)16(15)20/h8-9,11,14,18H,1,3-7,10H2,2H3. The van der Waals surface area contributed by atoms with E-state index in [0.29, 0.717) is 6.04 Å². The smallest absolute Gasteiger partial charge is 0.107 e. The van der Waals surface area contributed by atoms with E-state index in [2.05, 4.69) is 33.4 Å². The Hall–Kier alpha value is -1.68. The van der Waals surface area contributed by atoms with Gasteiger partial charge in [-0.05, 0) is 38.3 Å². The Morgan fingerprint density at radius 2 is 2.35 bits per heavy atom. The topological polar surface area (TPSA) is 42.7 Å². The van der Waals surface area contributed by atoms with Gasteiger partial charge in [0.25, 0.3) is 0 Å². The molecule has 0 radical (unpaired) electrons. The van der Waals surface area contributed by atoms with Crippen molar-refractivity contribution < 1.29 is 0 Å². The molecule has 1 fully saturated rings. The highest BCUT2D eigenvalue weighted by Crippen LogP contribution is 2.19. The van der Waals surface area contributed by atoms with E-state index in [1.165, 1.54) is 35.9 Å². The maximum absolute atomic E-state index is 4.42. The van der Waals surface area contributed by atoms with Crippen LogP contribution in [0.2, 0.25) is 0 Å². The fraction of sp³-hybridized carbons (Fsp3) is 0.500. The van der Waals surface area contributed by atoms with Gasteiger partial charge in [0.2, 0.25) is 0 Å². The minimum Gasteiger partial charge on any atom is -0.326 e. The van der Waals surface area contributed by atoms with Crippen LogP contribution in [0.5, 0.6) is 0 Å². The lowest BCUT2D eigenvalue weighted by molar-refractivity contribution is 0.395. The predicted molar refractivity (Wildman–Crippen MR) is 81.7 cm³/mol. The second kappa shape index (κ2) is 5.75. The van der Waals surface area contributed by atoms with Gasteiger partial charge in [-0.1, -0.05) is 18.6 Å². The summed E-state index contributed by atoms with van der Waals surface area (Å²) in [6.07, 6.45) is 10.6. The van der Waals surface area contributed by atoms with E-state index in [0.717, 1.165) is 25.0 Å². The van der Waals surface area contributed by atoms with Crippen LogP contribution in [0.25, 0.3) is 11.0 Å². The van der Waals surface area contributed by atoms with Crippen molar-refractivity contribution in [3.05, 3.63) is 36.4 Å². The second-order valence-corrected chi connectivity index (χ2v) is 5.80. The van der Waals surface area contributed by atoms with Crippen molar-refractivity contribution in [3.8, 4) is 0 Å². The number of nitrogens with zero attached hydrogens (tertiary/aromatic N) is 3. The molecular weight excluding hydrogens is 248 g/mol. The molecule has 3 heterocycles. The van der Waals surface area contributed by atoms with E-state index in [-0.39, 0.29) is 0 Å². The number of hydrogen-bond donors (Lipinski definition) is 1. The quantitative estimate of drug-likeness (QED) is 0.869. The first kappa shape index (κ1) is 13.3. The number of pyridine rings is 1. The number of nitrogens with one attached hydrogen (secondary N) is 1. The number of imidazole rings is 1. The third-order valence-corrected chi connectivity index (χ3v) is 4.05. The largest absolute Gasteiger partial charge is 0.326 e. The summed E-state index contributed by atoms with van der Waals surface area (Å²) in [6.45, 7) is 8.33. The molecule has 2 aromatic rings. The van der Waals surface area contributed by atoms with Crippen molar-refractivity contribution in [1.82, 2.24) is 19.9 Å². The summed E-state index contributed by atoms with van der Waals surface area (Å²) < 4.78 is 2.19. The molecule has 0 amide bonds. The summed E-state index contributed by atoms with van der Waals surface area (Å²) in [5.74, 6) is 0. The van der Waals surface area contributed by atoms with Gasteiger partial charge in [0, 0.05) is 18.8 Å². The van der Waals surface area contributed by atoms with Crippen LogP contribution in [0.1, 0.15) is 31.2 Å². The molecule has 1 unspecified atom stereocenters. The van der Waals surface area contributed by atoms with Gasteiger partial charge in [-0.2, -0.15) is 0 Å². The molecule has 0 bridgehead atoms. The Bertz CT molecular complexity index is 608. The molecular formula is C16H22N4. The van der Waals surface area contributed by atoms with E-state index in [9.17, 15) is 0 Å². The van der Waals surface area contributed by atoms with Crippen LogP contribution >= 0.6 is 0 Å². The first-order chi connectivity index (χ1) is 9.74. The Morgan fingerprint density at radius 1 is 1.45 bits per heavy atom. The van der Waals surface area contributed by atoms with E-state index in [1.54, 1.807) is 0 Å². The molecule has 3 rings (SSSR count). The maximum atomic E-state index is 4.42. The lowest BCUT2D eigenvalue weighted by atomic mass is 9.98. The van der Waals surface area contributed by atoms with Gasteiger partial charge in [-0.3, -0.25) is 4.98 Å². The lowest BCUT2D eigenvalue weighted by Crippen LogP contribution is -2.34. The van der Waals surface area contributed by atoms with E-state index in [1.807, 2.05) is 18.7 Å². The summed E-state index contributed by atoms with van der Waals surface area (Å²) in [5, 5.41) is 3.58. The van der Waals surface area contributed by atoms with E-state index < -0.39 is 0 Å². The molecule has 0 aromatic carbocycles. The van der Waals surface area contributed by atoms with Crippen molar-refractivity contribution in [2.45, 2.75) is 45.2 Å². The molecule has 106 valence electrons. The normalized spacial score (nSPS) is 19.4. The third-order valence-electron chi connectivity index (χ3n) is 4.05. The van der Waals surface area contributed by atoms with Crippen LogP contribution < -0.4 is 5.32 Å². The molecule has 2 aromatic heterocycles. The Labute approximate surface area is 119 Å². The zero-order valence-electron chi connectivity index (χ0n) is 12.1. The van der Waals surface area contributed by atoms with Crippen molar-refractivity contribution >= 4 is 11.0 Å². The monoisotopic (exact) mass is 270 g/mol. The number of rotatable bonds is 4. The molecule has 1 atom stereocenters. The number of hydrogen-bond acceptors (Lipinski definition) is 3. The zero-order chi connectivity index (χ0) is 13.9. The summed E-state index contributed by atoms with van der Waals surface area (Å²) in [4.78, 5) is 8.61. The Kier molecular flexibility index (Phi) is 3.83. The lowest BCUT2D eigenvalue weighted by Gasteiger charge is -2.24. The molecule has 20 heavy (non-hydrogen) atoms. The molecule has 0 spiro atoms.